The summed E-state index contributed by atoms with van der Waals surface area (Å²) < 4.78 is 3.20. The maximum atomic E-state index is 8.89. The Labute approximate surface area is 160 Å². The highest BCUT2D eigenvalue weighted by Gasteiger charge is 2.16. The van der Waals surface area contributed by atoms with Gasteiger partial charge in [0.15, 0.2) is 0 Å². The lowest BCUT2D eigenvalue weighted by Gasteiger charge is -2.05. The van der Waals surface area contributed by atoms with Crippen molar-refractivity contribution in [2.45, 2.75) is 19.1 Å². The normalized spacial score (nSPS) is 10.9. The molecule has 0 unspecified atom stereocenters. The number of hydrogen-bond acceptors (Lipinski definition) is 5. The van der Waals surface area contributed by atoms with Gasteiger partial charge < -0.3 is 0 Å². The lowest BCUT2D eigenvalue weighted by molar-refractivity contribution is 0.853. The number of thiophene rings is 1. The minimum Gasteiger partial charge on any atom is -0.192 e. The first kappa shape index (κ1) is 16.8. The summed E-state index contributed by atoms with van der Waals surface area (Å²) in [6.45, 7) is 2.13. The van der Waals surface area contributed by atoms with Crippen molar-refractivity contribution in [2.75, 3.05) is 0 Å². The number of fused-ring (bicyclic) bond motifs is 1. The molecule has 0 radical (unpaired) electrons. The van der Waals surface area contributed by atoms with E-state index in [0.29, 0.717) is 5.56 Å². The van der Waals surface area contributed by atoms with Gasteiger partial charge in [-0.2, -0.15) is 9.35 Å². The molecule has 6 heteroatoms. The second kappa shape index (κ2) is 7.32. The van der Waals surface area contributed by atoms with Gasteiger partial charge in [-0.15, -0.1) is 16.4 Å². The maximum absolute atomic E-state index is 8.89. The molecule has 4 rings (SSSR count). The van der Waals surface area contributed by atoms with Crippen molar-refractivity contribution in [3.05, 3.63) is 71.4 Å². The van der Waals surface area contributed by atoms with Crippen LogP contribution in [-0.2, 0) is 12.2 Å². The van der Waals surface area contributed by atoms with Crippen LogP contribution in [0.1, 0.15) is 23.7 Å². The fourth-order valence-electron chi connectivity index (χ4n) is 2.80. The van der Waals surface area contributed by atoms with Crippen molar-refractivity contribution in [3.63, 3.8) is 0 Å². The summed E-state index contributed by atoms with van der Waals surface area (Å²) in [5.41, 5.74) is 3.95. The quantitative estimate of drug-likeness (QED) is 0.475. The van der Waals surface area contributed by atoms with E-state index in [4.69, 9.17) is 5.26 Å². The Morgan fingerprint density at radius 1 is 1.15 bits per heavy atom. The second-order valence-electron chi connectivity index (χ2n) is 5.84. The first-order chi connectivity index (χ1) is 12.8. The average Bonchev–Trinajstić information content (AvgIpc) is 3.29. The molecule has 4 aromatic rings. The molecule has 0 fully saturated rings. The van der Waals surface area contributed by atoms with E-state index in [0.717, 1.165) is 34.0 Å². The molecule has 0 spiro atoms. The molecule has 2 heterocycles. The molecular weight excluding hydrogens is 360 g/mol. The summed E-state index contributed by atoms with van der Waals surface area (Å²) >= 11 is 3.38. The van der Waals surface area contributed by atoms with Gasteiger partial charge in [0.2, 0.25) is 0 Å². The molecule has 0 N–H and O–H groups in total. The van der Waals surface area contributed by atoms with Gasteiger partial charge in [0.05, 0.1) is 22.2 Å². The molecule has 0 bridgehead atoms. The van der Waals surface area contributed by atoms with Gasteiger partial charge in [-0.1, -0.05) is 42.5 Å². The number of aromatic nitrogens is 3. The number of nitrogens with zero attached hydrogens (tertiary/aromatic N) is 4. The minimum absolute atomic E-state index is 0.681. The van der Waals surface area contributed by atoms with Crippen LogP contribution in [0.5, 0.6) is 0 Å². The van der Waals surface area contributed by atoms with Crippen LogP contribution < -0.4 is 0 Å². The Morgan fingerprint density at radius 3 is 2.69 bits per heavy atom. The predicted octanol–water partition coefficient (Wildman–Crippen LogP) is 5.29. The third kappa shape index (κ3) is 3.24. The molecule has 0 aliphatic heterocycles. The SMILES string of the molecule is CCc1c(-c2cc3ccccc3s2)nnn1SCc1ccc(C#N)cc1. The van der Waals surface area contributed by atoms with E-state index in [1.165, 1.54) is 10.1 Å². The Balaban J connectivity index is 1.59. The van der Waals surface area contributed by atoms with E-state index in [1.54, 1.807) is 23.3 Å². The van der Waals surface area contributed by atoms with Crippen molar-refractivity contribution in [1.82, 2.24) is 14.4 Å². The maximum Gasteiger partial charge on any atom is 0.127 e. The minimum atomic E-state index is 0.681. The average molecular weight is 377 g/mol. The molecule has 128 valence electrons. The Bertz CT molecular complexity index is 1050. The molecule has 0 atom stereocenters. The third-order valence-electron chi connectivity index (χ3n) is 4.16. The second-order valence-corrected chi connectivity index (χ2v) is 7.82. The van der Waals surface area contributed by atoms with E-state index >= 15 is 0 Å². The predicted molar refractivity (Wildman–Crippen MR) is 108 cm³/mol. The standard InChI is InChI=1S/C20H16N4S2/c1-2-17-20(19-11-16-5-3-4-6-18(16)26-19)22-23-24(17)25-13-15-9-7-14(12-21)8-10-15/h3-11H,2,13H2,1H3. The number of benzene rings is 2. The van der Waals surface area contributed by atoms with Crippen molar-refractivity contribution in [3.8, 4) is 16.6 Å². The van der Waals surface area contributed by atoms with Gasteiger partial charge in [-0.3, -0.25) is 0 Å². The highest BCUT2D eigenvalue weighted by Crippen LogP contribution is 2.35. The lowest BCUT2D eigenvalue weighted by Crippen LogP contribution is -1.97. The number of nitriles is 1. The monoisotopic (exact) mass is 376 g/mol. The molecule has 0 aliphatic carbocycles. The summed E-state index contributed by atoms with van der Waals surface area (Å²) in [5, 5.41) is 19.0. The smallest absolute Gasteiger partial charge is 0.127 e. The van der Waals surface area contributed by atoms with Gasteiger partial charge in [0, 0.05) is 10.5 Å². The van der Waals surface area contributed by atoms with Crippen LogP contribution in [0, 0.1) is 11.3 Å². The zero-order chi connectivity index (χ0) is 17.9. The molecule has 2 aromatic carbocycles. The number of rotatable bonds is 5. The van der Waals surface area contributed by atoms with Crippen molar-refractivity contribution in [2.24, 2.45) is 0 Å². The van der Waals surface area contributed by atoms with Crippen LogP contribution >= 0.6 is 23.3 Å². The van der Waals surface area contributed by atoms with Gasteiger partial charge in [0.25, 0.3) is 0 Å². The summed E-state index contributed by atoms with van der Waals surface area (Å²) in [5.74, 6) is 0.786. The largest absolute Gasteiger partial charge is 0.192 e. The Kier molecular flexibility index (Phi) is 4.74. The van der Waals surface area contributed by atoms with Crippen LogP contribution in [-0.4, -0.2) is 14.4 Å². The highest BCUT2D eigenvalue weighted by molar-refractivity contribution is 7.96. The molecule has 0 amide bonds. The molecule has 2 aromatic heterocycles. The van der Waals surface area contributed by atoms with Gasteiger partial charge >= 0.3 is 0 Å². The van der Waals surface area contributed by atoms with Crippen LogP contribution in [0.15, 0.2) is 54.6 Å². The third-order valence-corrected chi connectivity index (χ3v) is 6.28. The molecule has 26 heavy (non-hydrogen) atoms. The zero-order valence-electron chi connectivity index (χ0n) is 14.2. The van der Waals surface area contributed by atoms with E-state index in [2.05, 4.69) is 53.6 Å². The Hall–Kier alpha value is -2.62. The highest BCUT2D eigenvalue weighted by atomic mass is 32.2. The molecule has 4 nitrogen and oxygen atoms in total. The molecule has 0 saturated heterocycles. The van der Waals surface area contributed by atoms with Crippen LogP contribution in [0.2, 0.25) is 0 Å². The van der Waals surface area contributed by atoms with E-state index in [9.17, 15) is 0 Å². The summed E-state index contributed by atoms with van der Waals surface area (Å²) in [7, 11) is 0. The van der Waals surface area contributed by atoms with Gasteiger partial charge in [0.1, 0.15) is 5.69 Å². The van der Waals surface area contributed by atoms with E-state index < -0.39 is 0 Å². The first-order valence-corrected chi connectivity index (χ1v) is 10.1. The molecule has 0 saturated carbocycles. The zero-order valence-corrected chi connectivity index (χ0v) is 15.8. The van der Waals surface area contributed by atoms with Crippen LogP contribution in [0.4, 0.5) is 0 Å². The van der Waals surface area contributed by atoms with Crippen molar-refractivity contribution >= 4 is 33.4 Å². The fraction of sp³-hybridized carbons (Fsp3) is 0.150. The fourth-order valence-corrected chi connectivity index (χ4v) is 4.79. The van der Waals surface area contributed by atoms with Gasteiger partial charge in [-0.25, -0.2) is 0 Å². The van der Waals surface area contributed by atoms with Crippen molar-refractivity contribution < 1.29 is 0 Å². The lowest BCUT2D eigenvalue weighted by atomic mass is 10.2. The summed E-state index contributed by atoms with van der Waals surface area (Å²) in [6.07, 6.45) is 0.872. The van der Waals surface area contributed by atoms with Crippen LogP contribution in [0.3, 0.4) is 0 Å². The molecular formula is C20H16N4S2. The van der Waals surface area contributed by atoms with Crippen molar-refractivity contribution in [1.29, 1.82) is 5.26 Å². The molecule has 0 aliphatic rings. The summed E-state index contributed by atoms with van der Waals surface area (Å²) in [6, 6.07) is 20.4. The number of hydrogen-bond donors (Lipinski definition) is 0. The van der Waals surface area contributed by atoms with Gasteiger partial charge in [-0.05, 0) is 53.6 Å². The van der Waals surface area contributed by atoms with E-state index in [1.807, 2.05) is 28.4 Å². The summed E-state index contributed by atoms with van der Waals surface area (Å²) in [4.78, 5) is 1.16. The van der Waals surface area contributed by atoms with Crippen LogP contribution in [0.25, 0.3) is 20.7 Å². The Morgan fingerprint density at radius 2 is 1.96 bits per heavy atom. The topological polar surface area (TPSA) is 54.5 Å². The van der Waals surface area contributed by atoms with E-state index in [-0.39, 0.29) is 0 Å². The first-order valence-electron chi connectivity index (χ1n) is 8.34.